The Hall–Kier alpha value is -2.42. The summed E-state index contributed by atoms with van der Waals surface area (Å²) in [7, 11) is 0. The van der Waals surface area contributed by atoms with Gasteiger partial charge in [-0.3, -0.25) is 4.79 Å². The minimum Gasteiger partial charge on any atom is -0.501 e. The Kier molecular flexibility index (Phi) is 1.87. The van der Waals surface area contributed by atoms with E-state index in [0.717, 1.165) is 12.1 Å². The molecule has 2 rings (SSSR count). The zero-order chi connectivity index (χ0) is 11.0. The number of diazo groups is 1. The predicted octanol–water partition coefficient (Wildman–Crippen LogP) is 1.86. The van der Waals surface area contributed by atoms with Crippen LogP contribution in [-0.4, -0.2) is 10.1 Å². The number of H-pyrrole nitrogens is 1. The van der Waals surface area contributed by atoms with Crippen LogP contribution in [0.1, 0.15) is 0 Å². The van der Waals surface area contributed by atoms with E-state index in [-0.39, 0.29) is 10.9 Å². The van der Waals surface area contributed by atoms with E-state index in [0.29, 0.717) is 0 Å². The molecule has 0 aliphatic rings. The molecule has 0 saturated heterocycles. The van der Waals surface area contributed by atoms with Crippen molar-refractivity contribution in [3.8, 4) is 5.75 Å². The van der Waals surface area contributed by atoms with Gasteiger partial charge in [-0.1, -0.05) is 0 Å². The van der Waals surface area contributed by atoms with Gasteiger partial charge in [-0.2, -0.15) is 0 Å². The van der Waals surface area contributed by atoms with Crippen LogP contribution in [-0.2, 0) is 0 Å². The zero-order valence-corrected chi connectivity index (χ0v) is 7.36. The van der Waals surface area contributed by atoms with E-state index in [4.69, 9.17) is 5.39 Å². The first-order valence-corrected chi connectivity index (χ1v) is 4.03. The van der Waals surface area contributed by atoms with E-state index in [1.807, 2.05) is 0 Å². The SMILES string of the molecule is N#[N+]c1c(O)c2cc(F)ccc2[nH]c1=O. The third-order valence-corrected chi connectivity index (χ3v) is 2.02. The van der Waals surface area contributed by atoms with Crippen molar-refractivity contribution in [3.05, 3.63) is 39.3 Å². The molecule has 74 valence electrons. The molecule has 0 aliphatic carbocycles. The second-order valence-corrected chi connectivity index (χ2v) is 2.94. The second-order valence-electron chi connectivity index (χ2n) is 2.94. The number of nitrogens with one attached hydrogen (secondary N) is 1. The zero-order valence-electron chi connectivity index (χ0n) is 7.36. The van der Waals surface area contributed by atoms with Crippen molar-refractivity contribution in [2.75, 3.05) is 0 Å². The number of pyridine rings is 1. The maximum Gasteiger partial charge on any atom is 0.490 e. The average molecular weight is 206 g/mol. The highest BCUT2D eigenvalue weighted by Crippen LogP contribution is 2.30. The number of hydrogen-bond donors (Lipinski definition) is 2. The first-order valence-electron chi connectivity index (χ1n) is 4.03. The number of fused-ring (bicyclic) bond motifs is 1. The lowest BCUT2D eigenvalue weighted by atomic mass is 10.2. The molecule has 0 spiro atoms. The standard InChI is InChI=1S/C9H4FN3O2/c10-4-1-2-6-5(3-4)8(14)7(13-11)9(15)12-6/h1-3H,(H-,12,14,15)/p+1. The highest BCUT2D eigenvalue weighted by molar-refractivity contribution is 5.89. The van der Waals surface area contributed by atoms with Gasteiger partial charge >= 0.3 is 11.2 Å². The predicted molar refractivity (Wildman–Crippen MR) is 50.9 cm³/mol. The van der Waals surface area contributed by atoms with Crippen LogP contribution >= 0.6 is 0 Å². The summed E-state index contributed by atoms with van der Waals surface area (Å²) < 4.78 is 12.9. The third kappa shape index (κ3) is 1.30. The molecule has 1 aromatic carbocycles. The minimum atomic E-state index is -0.742. The number of benzene rings is 1. The van der Waals surface area contributed by atoms with Gasteiger partial charge in [-0.25, -0.2) is 4.39 Å². The Morgan fingerprint density at radius 1 is 1.47 bits per heavy atom. The lowest BCUT2D eigenvalue weighted by molar-refractivity contribution is 0.483. The van der Waals surface area contributed by atoms with Crippen LogP contribution in [0.3, 0.4) is 0 Å². The average Bonchev–Trinajstić information content (AvgIpc) is 2.20. The maximum absolute atomic E-state index is 12.9. The van der Waals surface area contributed by atoms with Crippen LogP contribution in [0, 0.1) is 11.2 Å². The summed E-state index contributed by atoms with van der Waals surface area (Å²) in [6.45, 7) is 0. The molecule has 0 saturated carbocycles. The number of nitrogens with zero attached hydrogens (tertiary/aromatic N) is 2. The first-order chi connectivity index (χ1) is 7.13. The van der Waals surface area contributed by atoms with E-state index in [1.165, 1.54) is 6.07 Å². The van der Waals surface area contributed by atoms with Gasteiger partial charge in [0.05, 0.1) is 10.9 Å². The number of rotatable bonds is 0. The molecule has 0 fully saturated rings. The van der Waals surface area contributed by atoms with Crippen molar-refractivity contribution in [2.45, 2.75) is 0 Å². The summed E-state index contributed by atoms with van der Waals surface area (Å²) >= 11 is 0. The first kappa shape index (κ1) is 9.15. The molecular formula is C9H5FN3O2+. The molecule has 0 atom stereocenters. The van der Waals surface area contributed by atoms with Gasteiger partial charge in [0.15, 0.2) is 4.98 Å². The van der Waals surface area contributed by atoms with Crippen molar-refractivity contribution < 1.29 is 9.50 Å². The van der Waals surface area contributed by atoms with E-state index < -0.39 is 22.8 Å². The summed E-state index contributed by atoms with van der Waals surface area (Å²) in [4.78, 5) is 16.2. The van der Waals surface area contributed by atoms with E-state index in [9.17, 15) is 14.3 Å². The monoisotopic (exact) mass is 206 g/mol. The van der Waals surface area contributed by atoms with Crippen LogP contribution in [0.5, 0.6) is 5.75 Å². The van der Waals surface area contributed by atoms with Crippen LogP contribution < -0.4 is 5.56 Å². The van der Waals surface area contributed by atoms with Gasteiger partial charge in [0, 0.05) is 0 Å². The molecule has 1 aromatic heterocycles. The van der Waals surface area contributed by atoms with Gasteiger partial charge < -0.3 is 10.1 Å². The third-order valence-electron chi connectivity index (χ3n) is 2.02. The molecular weight excluding hydrogens is 201 g/mol. The number of aromatic hydroxyl groups is 1. The molecule has 1 heterocycles. The van der Waals surface area contributed by atoms with Crippen molar-refractivity contribution in [3.63, 3.8) is 0 Å². The van der Waals surface area contributed by atoms with E-state index in [2.05, 4.69) is 9.96 Å². The molecule has 2 aromatic rings. The van der Waals surface area contributed by atoms with Crippen LogP contribution in [0.15, 0.2) is 23.0 Å². The van der Waals surface area contributed by atoms with E-state index in [1.54, 1.807) is 0 Å². The summed E-state index contributed by atoms with van der Waals surface area (Å²) in [5, 5.41) is 18.1. The smallest absolute Gasteiger partial charge is 0.490 e. The summed E-state index contributed by atoms with van der Waals surface area (Å²) in [6.07, 6.45) is 0. The van der Waals surface area contributed by atoms with Gasteiger partial charge in [-0.15, -0.1) is 0 Å². The number of hydrogen-bond acceptors (Lipinski definition) is 3. The molecule has 0 amide bonds. The maximum atomic E-state index is 12.9. The number of halogens is 1. The van der Waals surface area contributed by atoms with Crippen molar-refractivity contribution in [1.29, 1.82) is 5.39 Å². The summed E-state index contributed by atoms with van der Waals surface area (Å²) in [5.41, 5.74) is -1.01. The van der Waals surface area contributed by atoms with Crippen LogP contribution in [0.2, 0.25) is 0 Å². The summed E-state index contributed by atoms with van der Waals surface area (Å²) in [5.74, 6) is -1.11. The Labute approximate surface area is 82.4 Å². The molecule has 5 nitrogen and oxygen atoms in total. The van der Waals surface area contributed by atoms with Gasteiger partial charge in [0.2, 0.25) is 11.1 Å². The quantitative estimate of drug-likeness (QED) is 0.645. The van der Waals surface area contributed by atoms with Gasteiger partial charge in [0.25, 0.3) is 0 Å². The Bertz CT molecular complexity index is 642. The molecule has 15 heavy (non-hydrogen) atoms. The Morgan fingerprint density at radius 2 is 2.20 bits per heavy atom. The van der Waals surface area contributed by atoms with Crippen molar-refractivity contribution >= 4 is 16.6 Å². The van der Waals surface area contributed by atoms with Gasteiger partial charge in [0.1, 0.15) is 5.82 Å². The number of aromatic nitrogens is 1. The highest BCUT2D eigenvalue weighted by Gasteiger charge is 2.22. The lowest BCUT2D eigenvalue weighted by Crippen LogP contribution is -2.04. The van der Waals surface area contributed by atoms with Crippen molar-refractivity contribution in [2.24, 2.45) is 0 Å². The Balaban J connectivity index is 3.00. The van der Waals surface area contributed by atoms with Crippen LogP contribution in [0.25, 0.3) is 15.9 Å². The minimum absolute atomic E-state index is 0.0856. The topological polar surface area (TPSA) is 81.2 Å². The molecule has 0 unspecified atom stereocenters. The molecule has 0 bridgehead atoms. The van der Waals surface area contributed by atoms with Crippen molar-refractivity contribution in [1.82, 2.24) is 4.98 Å². The molecule has 0 radical (unpaired) electrons. The summed E-state index contributed by atoms with van der Waals surface area (Å²) in [6, 6.07) is 3.50. The fourth-order valence-electron chi connectivity index (χ4n) is 1.33. The molecule has 0 aliphatic heterocycles. The van der Waals surface area contributed by atoms with E-state index >= 15 is 0 Å². The fourth-order valence-corrected chi connectivity index (χ4v) is 1.33. The Morgan fingerprint density at radius 3 is 2.87 bits per heavy atom. The highest BCUT2D eigenvalue weighted by atomic mass is 19.1. The van der Waals surface area contributed by atoms with Gasteiger partial charge in [-0.05, 0) is 18.2 Å². The lowest BCUT2D eigenvalue weighted by Gasteiger charge is -1.97. The molecule has 2 N–H and O–H groups in total. The largest absolute Gasteiger partial charge is 0.501 e. The molecule has 6 heteroatoms. The van der Waals surface area contributed by atoms with Crippen LogP contribution in [0.4, 0.5) is 10.1 Å². The normalized spacial score (nSPS) is 10.1. The second kappa shape index (κ2) is 3.06. The fraction of sp³-hybridized carbons (Fsp3) is 0. The number of aromatic amines is 1.